The zero-order valence-corrected chi connectivity index (χ0v) is 18.2. The number of aryl methyl sites for hydroxylation is 2. The molecule has 0 fully saturated rings. The highest BCUT2D eigenvalue weighted by molar-refractivity contribution is 7.99. The van der Waals surface area contributed by atoms with Gasteiger partial charge in [0.2, 0.25) is 5.91 Å². The van der Waals surface area contributed by atoms with Crippen LogP contribution in [0.2, 0.25) is 0 Å². The summed E-state index contributed by atoms with van der Waals surface area (Å²) in [4.78, 5) is 12.4. The number of hydrogen-bond donors (Lipinski definition) is 1. The maximum atomic E-state index is 12.4. The van der Waals surface area contributed by atoms with Crippen molar-refractivity contribution in [1.82, 2.24) is 5.32 Å². The molecule has 0 unspecified atom stereocenters. The third-order valence-corrected chi connectivity index (χ3v) is 5.54. The molecule has 152 valence electrons. The molecule has 0 saturated carbocycles. The predicted molar refractivity (Wildman–Crippen MR) is 115 cm³/mol. The number of rotatable bonds is 9. The standard InChI is InChI=1S/C22H29NO4S/c1-14-7-8-19(25-4)18(9-14)16(3)23-22(24)13-28-12-17-11-21(27-6)20(26-5)10-15(17)2/h7-11,16H,12-13H2,1-6H3,(H,23,24)/t16-/m0/s1. The average Bonchev–Trinajstić information content (AvgIpc) is 2.68. The van der Waals surface area contributed by atoms with Crippen LogP contribution < -0.4 is 19.5 Å². The van der Waals surface area contributed by atoms with Crippen molar-refractivity contribution in [2.75, 3.05) is 27.1 Å². The lowest BCUT2D eigenvalue weighted by atomic mass is 10.0. The molecule has 1 amide bonds. The summed E-state index contributed by atoms with van der Waals surface area (Å²) in [5, 5.41) is 3.06. The van der Waals surface area contributed by atoms with Gasteiger partial charge in [-0.05, 0) is 50.1 Å². The fourth-order valence-electron chi connectivity index (χ4n) is 2.98. The molecule has 0 aliphatic heterocycles. The largest absolute Gasteiger partial charge is 0.496 e. The fraction of sp³-hybridized carbons (Fsp3) is 0.409. The maximum Gasteiger partial charge on any atom is 0.230 e. The van der Waals surface area contributed by atoms with Crippen LogP contribution in [0.5, 0.6) is 17.2 Å². The van der Waals surface area contributed by atoms with E-state index in [0.29, 0.717) is 17.3 Å². The zero-order chi connectivity index (χ0) is 20.7. The molecule has 2 rings (SSSR count). The molecule has 0 saturated heterocycles. The van der Waals surface area contributed by atoms with E-state index in [1.807, 2.05) is 51.1 Å². The molecule has 0 spiro atoms. The Kier molecular flexibility index (Phi) is 8.05. The van der Waals surface area contributed by atoms with E-state index >= 15 is 0 Å². The minimum absolute atomic E-state index is 0.000751. The van der Waals surface area contributed by atoms with E-state index in [-0.39, 0.29) is 11.9 Å². The summed E-state index contributed by atoms with van der Waals surface area (Å²) in [6.45, 7) is 6.03. The molecule has 5 nitrogen and oxygen atoms in total. The average molecular weight is 404 g/mol. The van der Waals surface area contributed by atoms with Crippen LogP contribution >= 0.6 is 11.8 Å². The Morgan fingerprint density at radius 3 is 2.29 bits per heavy atom. The Bertz CT molecular complexity index is 822. The number of carbonyl (C=O) groups excluding carboxylic acids is 1. The lowest BCUT2D eigenvalue weighted by molar-refractivity contribution is -0.119. The molecule has 2 aromatic carbocycles. The molecule has 28 heavy (non-hydrogen) atoms. The van der Waals surface area contributed by atoms with Crippen molar-refractivity contribution in [1.29, 1.82) is 0 Å². The smallest absolute Gasteiger partial charge is 0.230 e. The number of amides is 1. The summed E-state index contributed by atoms with van der Waals surface area (Å²) >= 11 is 1.57. The number of hydrogen-bond acceptors (Lipinski definition) is 5. The van der Waals surface area contributed by atoms with Crippen molar-refractivity contribution in [2.45, 2.75) is 32.6 Å². The molecular weight excluding hydrogens is 374 g/mol. The maximum absolute atomic E-state index is 12.4. The Morgan fingerprint density at radius 2 is 1.64 bits per heavy atom. The fourth-order valence-corrected chi connectivity index (χ4v) is 3.89. The third-order valence-electron chi connectivity index (χ3n) is 4.56. The number of benzene rings is 2. The van der Waals surface area contributed by atoms with Gasteiger partial charge in [0.1, 0.15) is 5.75 Å². The molecule has 0 bridgehead atoms. The SMILES string of the molecule is COc1cc(C)c(CSCC(=O)N[C@@H](C)c2cc(C)ccc2OC)cc1OC. The molecule has 0 heterocycles. The first-order chi connectivity index (χ1) is 13.4. The molecule has 2 aromatic rings. The highest BCUT2D eigenvalue weighted by Crippen LogP contribution is 2.32. The van der Waals surface area contributed by atoms with E-state index < -0.39 is 0 Å². The minimum Gasteiger partial charge on any atom is -0.496 e. The molecule has 0 radical (unpaired) electrons. The third kappa shape index (κ3) is 5.58. The zero-order valence-electron chi connectivity index (χ0n) is 17.4. The van der Waals surface area contributed by atoms with Crippen LogP contribution in [0.3, 0.4) is 0 Å². The van der Waals surface area contributed by atoms with Crippen LogP contribution in [0.15, 0.2) is 30.3 Å². The highest BCUT2D eigenvalue weighted by Gasteiger charge is 2.15. The summed E-state index contributed by atoms with van der Waals surface area (Å²) in [5.74, 6) is 3.31. The Hall–Kier alpha value is -2.34. The number of thioether (sulfide) groups is 1. The summed E-state index contributed by atoms with van der Waals surface area (Å²) in [6.07, 6.45) is 0. The first kappa shape index (κ1) is 22.0. The van der Waals surface area contributed by atoms with Crippen LogP contribution in [0, 0.1) is 13.8 Å². The second-order valence-electron chi connectivity index (χ2n) is 6.66. The van der Waals surface area contributed by atoms with Crippen LogP contribution in [-0.2, 0) is 10.5 Å². The van der Waals surface area contributed by atoms with Crippen LogP contribution in [-0.4, -0.2) is 33.0 Å². The summed E-state index contributed by atoms with van der Waals surface area (Å²) in [5.41, 5.74) is 4.36. The second kappa shape index (κ2) is 10.3. The predicted octanol–water partition coefficient (Wildman–Crippen LogP) is 4.44. The van der Waals surface area contributed by atoms with E-state index in [0.717, 1.165) is 33.8 Å². The monoisotopic (exact) mass is 403 g/mol. The van der Waals surface area contributed by atoms with E-state index in [1.165, 1.54) is 0 Å². The van der Waals surface area contributed by atoms with E-state index in [4.69, 9.17) is 14.2 Å². The Balaban J connectivity index is 1.94. The van der Waals surface area contributed by atoms with Crippen molar-refractivity contribution in [3.8, 4) is 17.2 Å². The van der Waals surface area contributed by atoms with Crippen molar-refractivity contribution < 1.29 is 19.0 Å². The molecule has 0 aliphatic carbocycles. The minimum atomic E-state index is -0.120. The van der Waals surface area contributed by atoms with Gasteiger partial charge >= 0.3 is 0 Å². The van der Waals surface area contributed by atoms with Crippen molar-refractivity contribution in [3.05, 3.63) is 52.6 Å². The van der Waals surface area contributed by atoms with Gasteiger partial charge in [0.15, 0.2) is 11.5 Å². The van der Waals surface area contributed by atoms with Gasteiger partial charge in [0.05, 0.1) is 33.1 Å². The molecule has 0 aromatic heterocycles. The number of carbonyl (C=O) groups is 1. The first-order valence-corrected chi connectivity index (χ1v) is 10.3. The summed E-state index contributed by atoms with van der Waals surface area (Å²) < 4.78 is 16.1. The van der Waals surface area contributed by atoms with E-state index in [2.05, 4.69) is 5.32 Å². The number of ether oxygens (including phenoxy) is 3. The summed E-state index contributed by atoms with van der Waals surface area (Å²) in [7, 11) is 4.89. The molecule has 1 N–H and O–H groups in total. The Labute approximate surface area is 171 Å². The van der Waals surface area contributed by atoms with Gasteiger partial charge in [-0.2, -0.15) is 0 Å². The van der Waals surface area contributed by atoms with Crippen molar-refractivity contribution in [2.24, 2.45) is 0 Å². The van der Waals surface area contributed by atoms with E-state index in [1.54, 1.807) is 33.1 Å². The van der Waals surface area contributed by atoms with E-state index in [9.17, 15) is 4.79 Å². The number of nitrogens with one attached hydrogen (secondary N) is 1. The quantitative estimate of drug-likeness (QED) is 0.671. The van der Waals surface area contributed by atoms with Gasteiger partial charge in [-0.15, -0.1) is 11.8 Å². The van der Waals surface area contributed by atoms with Gasteiger partial charge in [0, 0.05) is 11.3 Å². The van der Waals surface area contributed by atoms with Gasteiger partial charge < -0.3 is 19.5 Å². The number of methoxy groups -OCH3 is 3. The normalized spacial score (nSPS) is 11.6. The van der Waals surface area contributed by atoms with Gasteiger partial charge in [-0.25, -0.2) is 0 Å². The topological polar surface area (TPSA) is 56.8 Å². The van der Waals surface area contributed by atoms with Crippen LogP contribution in [0.4, 0.5) is 0 Å². The van der Waals surface area contributed by atoms with Crippen LogP contribution in [0.1, 0.15) is 35.2 Å². The first-order valence-electron chi connectivity index (χ1n) is 9.12. The lowest BCUT2D eigenvalue weighted by Gasteiger charge is -2.18. The Morgan fingerprint density at radius 1 is 1.00 bits per heavy atom. The lowest BCUT2D eigenvalue weighted by Crippen LogP contribution is -2.28. The van der Waals surface area contributed by atoms with Gasteiger partial charge in [-0.3, -0.25) is 4.79 Å². The summed E-state index contributed by atoms with van der Waals surface area (Å²) in [6, 6.07) is 9.79. The highest BCUT2D eigenvalue weighted by atomic mass is 32.2. The van der Waals surface area contributed by atoms with Gasteiger partial charge in [0.25, 0.3) is 0 Å². The van der Waals surface area contributed by atoms with Crippen molar-refractivity contribution >= 4 is 17.7 Å². The molecular formula is C22H29NO4S. The second-order valence-corrected chi connectivity index (χ2v) is 7.65. The molecule has 1 atom stereocenters. The van der Waals surface area contributed by atoms with Crippen LogP contribution in [0.25, 0.3) is 0 Å². The van der Waals surface area contributed by atoms with Crippen molar-refractivity contribution in [3.63, 3.8) is 0 Å². The van der Waals surface area contributed by atoms with Gasteiger partial charge in [-0.1, -0.05) is 17.7 Å². The molecule has 6 heteroatoms. The molecule has 0 aliphatic rings.